The second-order valence-electron chi connectivity index (χ2n) is 7.73. The molecule has 1 aromatic heterocycles. The summed E-state index contributed by atoms with van der Waals surface area (Å²) in [6.45, 7) is 0. The van der Waals surface area contributed by atoms with Gasteiger partial charge in [0.1, 0.15) is 0 Å². The maximum atomic E-state index is 13.5. The Kier molecular flexibility index (Phi) is 5.66. The summed E-state index contributed by atoms with van der Waals surface area (Å²) in [6, 6.07) is 17.8. The van der Waals surface area contributed by atoms with Crippen LogP contribution in [0.3, 0.4) is 0 Å². The van der Waals surface area contributed by atoms with Crippen LogP contribution in [0.5, 0.6) is 0 Å². The molecule has 0 saturated heterocycles. The molecular weight excluding hydrogens is 424 g/mol. The van der Waals surface area contributed by atoms with Crippen LogP contribution >= 0.6 is 23.1 Å². The summed E-state index contributed by atoms with van der Waals surface area (Å²) in [6.07, 6.45) is 7.74. The number of nitrogens with one attached hydrogen (secondary N) is 1. The van der Waals surface area contributed by atoms with Crippen molar-refractivity contribution in [3.8, 4) is 0 Å². The standard InChI is InChI=1S/C25H22N2O2S2/c28-24(14-12-19-8-5-15-30-19)26-17-11-13-21-23(16-17)31-22-10-4-3-9-20(22)25(29)27(21)18-6-1-2-7-18/h3-5,8-16,18H,1-2,6-7H2,(H,26,28). The van der Waals surface area contributed by atoms with E-state index >= 15 is 0 Å². The predicted molar refractivity (Wildman–Crippen MR) is 128 cm³/mol. The van der Waals surface area contributed by atoms with Crippen LogP contribution in [0.2, 0.25) is 0 Å². The van der Waals surface area contributed by atoms with Crippen molar-refractivity contribution in [1.29, 1.82) is 0 Å². The van der Waals surface area contributed by atoms with Gasteiger partial charge in [0.25, 0.3) is 5.91 Å². The van der Waals surface area contributed by atoms with Crippen LogP contribution in [-0.2, 0) is 4.79 Å². The van der Waals surface area contributed by atoms with Crippen LogP contribution in [0.15, 0.2) is 75.8 Å². The molecule has 0 bridgehead atoms. The van der Waals surface area contributed by atoms with E-state index in [1.54, 1.807) is 29.2 Å². The minimum atomic E-state index is -0.170. The maximum absolute atomic E-state index is 13.5. The van der Waals surface area contributed by atoms with Gasteiger partial charge in [0.2, 0.25) is 5.91 Å². The number of carbonyl (C=O) groups excluding carboxylic acids is 2. The highest BCUT2D eigenvalue weighted by Gasteiger charge is 2.33. The molecule has 0 unspecified atom stereocenters. The molecular formula is C25H22N2O2S2. The molecule has 2 amide bonds. The van der Waals surface area contributed by atoms with Crippen molar-refractivity contribution < 1.29 is 9.59 Å². The fourth-order valence-electron chi connectivity index (χ4n) is 4.22. The Morgan fingerprint density at radius 2 is 1.87 bits per heavy atom. The van der Waals surface area contributed by atoms with E-state index in [0.29, 0.717) is 0 Å². The molecule has 2 aromatic carbocycles. The van der Waals surface area contributed by atoms with Crippen molar-refractivity contribution in [2.24, 2.45) is 0 Å². The van der Waals surface area contributed by atoms with Gasteiger partial charge >= 0.3 is 0 Å². The normalized spacial score (nSPS) is 16.3. The fraction of sp³-hybridized carbons (Fsp3) is 0.200. The first-order valence-electron chi connectivity index (χ1n) is 10.5. The third kappa shape index (κ3) is 4.18. The first-order chi connectivity index (χ1) is 15.2. The van der Waals surface area contributed by atoms with Crippen LogP contribution in [0.1, 0.15) is 40.9 Å². The topological polar surface area (TPSA) is 49.4 Å². The maximum Gasteiger partial charge on any atom is 0.259 e. The van der Waals surface area contributed by atoms with Crippen molar-refractivity contribution in [2.45, 2.75) is 41.5 Å². The number of rotatable bonds is 4. The molecule has 5 rings (SSSR count). The highest BCUT2D eigenvalue weighted by atomic mass is 32.2. The first-order valence-corrected chi connectivity index (χ1v) is 12.2. The van der Waals surface area contributed by atoms with Crippen LogP contribution < -0.4 is 10.2 Å². The van der Waals surface area contributed by atoms with Crippen molar-refractivity contribution >= 4 is 52.4 Å². The largest absolute Gasteiger partial charge is 0.322 e. The van der Waals surface area contributed by atoms with Gasteiger partial charge in [-0.3, -0.25) is 9.59 Å². The molecule has 0 radical (unpaired) electrons. The smallest absolute Gasteiger partial charge is 0.259 e. The van der Waals surface area contributed by atoms with Gasteiger partial charge in [0.05, 0.1) is 11.3 Å². The summed E-state index contributed by atoms with van der Waals surface area (Å²) < 4.78 is 0. The minimum Gasteiger partial charge on any atom is -0.322 e. The summed E-state index contributed by atoms with van der Waals surface area (Å²) in [5, 5.41) is 4.94. The Labute approximate surface area is 190 Å². The van der Waals surface area contributed by atoms with Gasteiger partial charge in [0.15, 0.2) is 0 Å². The number of anilines is 2. The molecule has 156 valence electrons. The quantitative estimate of drug-likeness (QED) is 0.468. The Morgan fingerprint density at radius 3 is 2.68 bits per heavy atom. The molecule has 1 N–H and O–H groups in total. The van der Waals surface area contributed by atoms with Crippen molar-refractivity contribution in [3.63, 3.8) is 0 Å². The van der Waals surface area contributed by atoms with E-state index in [1.165, 1.54) is 0 Å². The van der Waals surface area contributed by atoms with Gasteiger partial charge in [-0.15, -0.1) is 11.3 Å². The number of fused-ring (bicyclic) bond motifs is 2. The lowest BCUT2D eigenvalue weighted by Crippen LogP contribution is -2.39. The molecule has 2 aliphatic rings. The second-order valence-corrected chi connectivity index (χ2v) is 9.80. The molecule has 1 saturated carbocycles. The molecule has 1 aliphatic carbocycles. The zero-order valence-electron chi connectivity index (χ0n) is 16.9. The Bertz CT molecular complexity index is 1150. The van der Waals surface area contributed by atoms with Crippen LogP contribution in [0.4, 0.5) is 11.4 Å². The van der Waals surface area contributed by atoms with Gasteiger partial charge in [-0.05, 0) is 60.7 Å². The zero-order chi connectivity index (χ0) is 21.2. The third-order valence-electron chi connectivity index (χ3n) is 5.68. The van der Waals surface area contributed by atoms with Crippen molar-refractivity contribution in [1.82, 2.24) is 0 Å². The fourth-order valence-corrected chi connectivity index (χ4v) is 5.94. The Balaban J connectivity index is 1.47. The first kappa shape index (κ1) is 20.1. The van der Waals surface area contributed by atoms with Crippen molar-refractivity contribution in [2.75, 3.05) is 10.2 Å². The minimum absolute atomic E-state index is 0.0735. The van der Waals surface area contributed by atoms with Gasteiger partial charge in [0, 0.05) is 32.5 Å². The van der Waals surface area contributed by atoms with E-state index in [0.717, 1.165) is 57.3 Å². The number of carbonyl (C=O) groups is 2. The monoisotopic (exact) mass is 446 g/mol. The Hall–Kier alpha value is -2.83. The predicted octanol–water partition coefficient (Wildman–Crippen LogP) is 6.45. The number of benzene rings is 2. The number of hydrogen-bond acceptors (Lipinski definition) is 4. The summed E-state index contributed by atoms with van der Waals surface area (Å²) in [5.41, 5.74) is 2.41. The molecule has 2 heterocycles. The molecule has 31 heavy (non-hydrogen) atoms. The average molecular weight is 447 g/mol. The van der Waals surface area contributed by atoms with Gasteiger partial charge in [-0.25, -0.2) is 0 Å². The van der Waals surface area contributed by atoms with Crippen LogP contribution in [0.25, 0.3) is 6.08 Å². The lowest BCUT2D eigenvalue weighted by molar-refractivity contribution is -0.111. The number of hydrogen-bond donors (Lipinski definition) is 1. The van der Waals surface area contributed by atoms with Crippen molar-refractivity contribution in [3.05, 3.63) is 76.5 Å². The van der Waals surface area contributed by atoms with E-state index in [9.17, 15) is 9.59 Å². The molecule has 3 aromatic rings. The summed E-state index contributed by atoms with van der Waals surface area (Å²) in [7, 11) is 0. The van der Waals surface area contributed by atoms with Gasteiger partial charge in [-0.2, -0.15) is 0 Å². The lowest BCUT2D eigenvalue weighted by atomic mass is 10.1. The molecule has 6 heteroatoms. The third-order valence-corrected chi connectivity index (χ3v) is 7.64. The molecule has 1 aliphatic heterocycles. The SMILES string of the molecule is O=C(C=Cc1cccs1)Nc1ccc2c(c1)Sc1ccccc1C(=O)N2C1CCCC1. The zero-order valence-corrected chi connectivity index (χ0v) is 18.5. The van der Waals surface area contributed by atoms with Crippen LogP contribution in [0, 0.1) is 0 Å². The molecule has 0 spiro atoms. The van der Waals surface area contributed by atoms with E-state index in [-0.39, 0.29) is 17.9 Å². The number of thiophene rings is 1. The number of nitrogens with zero attached hydrogens (tertiary/aromatic N) is 1. The lowest BCUT2D eigenvalue weighted by Gasteiger charge is -2.29. The molecule has 1 fully saturated rings. The van der Waals surface area contributed by atoms with Crippen LogP contribution in [-0.4, -0.2) is 17.9 Å². The van der Waals surface area contributed by atoms with E-state index in [4.69, 9.17) is 0 Å². The van der Waals surface area contributed by atoms with E-state index in [2.05, 4.69) is 5.32 Å². The molecule has 0 atom stereocenters. The summed E-state index contributed by atoms with van der Waals surface area (Å²) >= 11 is 3.18. The second kappa shape index (κ2) is 8.73. The highest BCUT2D eigenvalue weighted by molar-refractivity contribution is 7.99. The van der Waals surface area contributed by atoms with E-state index < -0.39 is 0 Å². The average Bonchev–Trinajstić information content (AvgIpc) is 3.47. The van der Waals surface area contributed by atoms with Gasteiger partial charge < -0.3 is 10.2 Å². The molecule has 4 nitrogen and oxygen atoms in total. The highest BCUT2D eigenvalue weighted by Crippen LogP contribution is 2.44. The summed E-state index contributed by atoms with van der Waals surface area (Å²) in [4.78, 5) is 30.9. The van der Waals surface area contributed by atoms with E-state index in [1.807, 2.05) is 71.0 Å². The number of amides is 2. The summed E-state index contributed by atoms with van der Waals surface area (Å²) in [5.74, 6) is -0.0967. The Morgan fingerprint density at radius 1 is 1.03 bits per heavy atom. The van der Waals surface area contributed by atoms with Gasteiger partial charge in [-0.1, -0.05) is 42.8 Å².